The zero-order valence-electron chi connectivity index (χ0n) is 17.2. The molecule has 2 atom stereocenters. The Morgan fingerprint density at radius 2 is 1.84 bits per heavy atom. The van der Waals surface area contributed by atoms with Crippen LogP contribution < -0.4 is 10.2 Å². The Hall–Kier alpha value is -2.87. The fourth-order valence-corrected chi connectivity index (χ4v) is 4.43. The molecular formula is C23H24F3N3O2. The third-order valence-electron chi connectivity index (χ3n) is 5.94. The largest absolute Gasteiger partial charge is 0.409 e. The van der Waals surface area contributed by atoms with Crippen LogP contribution in [-0.4, -0.2) is 42.0 Å². The number of carbonyl (C=O) groups excluding carboxylic acids is 2. The molecule has 8 heteroatoms. The van der Waals surface area contributed by atoms with Crippen LogP contribution in [0.2, 0.25) is 0 Å². The molecule has 0 radical (unpaired) electrons. The van der Waals surface area contributed by atoms with Crippen molar-refractivity contribution in [2.75, 3.05) is 23.3 Å². The van der Waals surface area contributed by atoms with Crippen molar-refractivity contribution in [1.82, 2.24) is 4.90 Å². The van der Waals surface area contributed by atoms with Crippen molar-refractivity contribution < 1.29 is 22.8 Å². The van der Waals surface area contributed by atoms with E-state index in [9.17, 15) is 22.8 Å². The van der Waals surface area contributed by atoms with E-state index in [2.05, 4.69) is 5.32 Å². The topological polar surface area (TPSA) is 52.7 Å². The number of amides is 2. The van der Waals surface area contributed by atoms with Crippen LogP contribution in [0.3, 0.4) is 0 Å². The minimum atomic E-state index is -4.73. The molecule has 164 valence electrons. The Labute approximate surface area is 178 Å². The SMILES string of the molecule is Cc1ccc(C2CCCN2CC(=O)N2c3ccccc3NC(=O)CC2C(F)(F)F)cc1. The maximum atomic E-state index is 13.9. The molecule has 1 fully saturated rings. The molecule has 4 rings (SSSR count). The molecule has 31 heavy (non-hydrogen) atoms. The Morgan fingerprint density at radius 3 is 2.55 bits per heavy atom. The van der Waals surface area contributed by atoms with Crippen molar-refractivity contribution in [3.63, 3.8) is 0 Å². The number of fused-ring (bicyclic) bond motifs is 1. The summed E-state index contributed by atoms with van der Waals surface area (Å²) in [5.41, 5.74) is 2.46. The lowest BCUT2D eigenvalue weighted by Crippen LogP contribution is -2.52. The van der Waals surface area contributed by atoms with Gasteiger partial charge in [-0.05, 0) is 44.0 Å². The van der Waals surface area contributed by atoms with Crippen molar-refractivity contribution in [2.45, 2.75) is 44.4 Å². The molecule has 0 aliphatic carbocycles. The van der Waals surface area contributed by atoms with Gasteiger partial charge in [0.15, 0.2) is 0 Å². The average molecular weight is 431 g/mol. The standard InChI is InChI=1S/C23H24F3N3O2/c1-15-8-10-16(11-9-15)18-7-4-12-28(18)14-22(31)29-19-6-3-2-5-17(19)27-21(30)13-20(29)23(24,25)26/h2-3,5-6,8-11,18,20H,4,7,12-14H2,1H3,(H,27,30). The van der Waals surface area contributed by atoms with Crippen LogP contribution in [0.15, 0.2) is 48.5 Å². The molecule has 2 unspecified atom stereocenters. The van der Waals surface area contributed by atoms with E-state index in [1.807, 2.05) is 36.1 Å². The maximum Gasteiger partial charge on any atom is 0.409 e. The summed E-state index contributed by atoms with van der Waals surface area (Å²) < 4.78 is 41.7. The Kier molecular flexibility index (Phi) is 5.75. The summed E-state index contributed by atoms with van der Waals surface area (Å²) in [6.07, 6.45) is -3.85. The lowest BCUT2D eigenvalue weighted by Gasteiger charge is -2.34. The first-order chi connectivity index (χ1) is 14.7. The van der Waals surface area contributed by atoms with Gasteiger partial charge in [-0.25, -0.2) is 0 Å². The van der Waals surface area contributed by atoms with Crippen LogP contribution >= 0.6 is 0 Å². The van der Waals surface area contributed by atoms with Crippen molar-refractivity contribution in [2.24, 2.45) is 0 Å². The van der Waals surface area contributed by atoms with Crippen molar-refractivity contribution in [3.8, 4) is 0 Å². The van der Waals surface area contributed by atoms with Gasteiger partial charge in [0.2, 0.25) is 11.8 Å². The predicted molar refractivity (Wildman–Crippen MR) is 112 cm³/mol. The molecule has 2 amide bonds. The van der Waals surface area contributed by atoms with E-state index >= 15 is 0 Å². The number of carbonyl (C=O) groups is 2. The number of nitrogens with zero attached hydrogens (tertiary/aromatic N) is 2. The van der Waals surface area contributed by atoms with Gasteiger partial charge in [0.1, 0.15) is 6.04 Å². The number of hydrogen-bond acceptors (Lipinski definition) is 3. The number of anilines is 2. The summed E-state index contributed by atoms with van der Waals surface area (Å²) in [5.74, 6) is -1.42. The number of para-hydroxylation sites is 2. The van der Waals surface area contributed by atoms with E-state index < -0.39 is 30.5 Å². The Balaban J connectivity index is 1.64. The summed E-state index contributed by atoms with van der Waals surface area (Å²) in [6, 6.07) is 11.9. The van der Waals surface area contributed by atoms with Gasteiger partial charge in [-0.1, -0.05) is 42.0 Å². The molecule has 2 heterocycles. The van der Waals surface area contributed by atoms with Gasteiger partial charge in [-0.2, -0.15) is 13.2 Å². The highest BCUT2D eigenvalue weighted by molar-refractivity contribution is 6.05. The van der Waals surface area contributed by atoms with Gasteiger partial charge in [-0.15, -0.1) is 0 Å². The molecule has 0 bridgehead atoms. The quantitative estimate of drug-likeness (QED) is 0.782. The molecule has 5 nitrogen and oxygen atoms in total. The first-order valence-corrected chi connectivity index (χ1v) is 10.3. The van der Waals surface area contributed by atoms with Crippen LogP contribution in [0.1, 0.15) is 36.4 Å². The van der Waals surface area contributed by atoms with Gasteiger partial charge < -0.3 is 5.32 Å². The smallest absolute Gasteiger partial charge is 0.324 e. The van der Waals surface area contributed by atoms with E-state index in [1.165, 1.54) is 12.1 Å². The van der Waals surface area contributed by atoms with E-state index in [-0.39, 0.29) is 24.0 Å². The number of nitrogens with one attached hydrogen (secondary N) is 1. The van der Waals surface area contributed by atoms with Gasteiger partial charge in [-0.3, -0.25) is 19.4 Å². The van der Waals surface area contributed by atoms with Crippen LogP contribution in [-0.2, 0) is 9.59 Å². The molecule has 2 aliphatic heterocycles. The Morgan fingerprint density at radius 1 is 1.13 bits per heavy atom. The number of hydrogen-bond donors (Lipinski definition) is 1. The molecule has 0 spiro atoms. The number of halogens is 3. The zero-order chi connectivity index (χ0) is 22.2. The third kappa shape index (κ3) is 4.44. The van der Waals surface area contributed by atoms with Gasteiger partial charge >= 0.3 is 6.18 Å². The number of benzene rings is 2. The molecule has 0 aromatic heterocycles. The van der Waals surface area contributed by atoms with Crippen LogP contribution in [0.25, 0.3) is 0 Å². The van der Waals surface area contributed by atoms with E-state index in [1.54, 1.807) is 12.1 Å². The number of rotatable bonds is 3. The van der Waals surface area contributed by atoms with Crippen molar-refractivity contribution in [1.29, 1.82) is 0 Å². The summed E-state index contributed by atoms with van der Waals surface area (Å²) in [7, 11) is 0. The van der Waals surface area contributed by atoms with E-state index in [4.69, 9.17) is 0 Å². The lowest BCUT2D eigenvalue weighted by molar-refractivity contribution is -0.158. The fourth-order valence-electron chi connectivity index (χ4n) is 4.43. The van der Waals surface area contributed by atoms with Gasteiger partial charge in [0, 0.05) is 6.04 Å². The lowest BCUT2D eigenvalue weighted by atomic mass is 10.0. The second kappa shape index (κ2) is 8.34. The minimum Gasteiger partial charge on any atom is -0.324 e. The third-order valence-corrected chi connectivity index (χ3v) is 5.94. The highest BCUT2D eigenvalue weighted by Crippen LogP contribution is 2.39. The number of aryl methyl sites for hydroxylation is 1. The summed E-state index contributed by atoms with van der Waals surface area (Å²) in [6.45, 7) is 2.48. The second-order valence-electron chi connectivity index (χ2n) is 8.13. The van der Waals surface area contributed by atoms with Crippen LogP contribution in [0.5, 0.6) is 0 Å². The van der Waals surface area contributed by atoms with Gasteiger partial charge in [0.05, 0.1) is 24.3 Å². The molecule has 2 aliphatic rings. The Bertz CT molecular complexity index is 975. The minimum absolute atomic E-state index is 0.0177. The van der Waals surface area contributed by atoms with Crippen LogP contribution in [0.4, 0.5) is 24.5 Å². The average Bonchev–Trinajstić information content (AvgIpc) is 3.09. The van der Waals surface area contributed by atoms with Crippen molar-refractivity contribution >= 4 is 23.2 Å². The van der Waals surface area contributed by atoms with Gasteiger partial charge in [0.25, 0.3) is 0 Å². The predicted octanol–water partition coefficient (Wildman–Crippen LogP) is 4.44. The molecule has 1 N–H and O–H groups in total. The van der Waals surface area contributed by atoms with Crippen molar-refractivity contribution in [3.05, 3.63) is 59.7 Å². The summed E-state index contributed by atoms with van der Waals surface area (Å²) in [5, 5.41) is 2.50. The molecule has 2 aromatic carbocycles. The van der Waals surface area contributed by atoms with E-state index in [0.717, 1.165) is 28.9 Å². The first-order valence-electron chi connectivity index (χ1n) is 10.3. The number of likely N-dealkylation sites (tertiary alicyclic amines) is 1. The molecule has 2 aromatic rings. The molecule has 0 saturated carbocycles. The maximum absolute atomic E-state index is 13.9. The monoisotopic (exact) mass is 431 g/mol. The van der Waals surface area contributed by atoms with Crippen LogP contribution in [0, 0.1) is 6.92 Å². The highest BCUT2D eigenvalue weighted by atomic mass is 19.4. The normalized spacial score (nSPS) is 22.1. The summed E-state index contributed by atoms with van der Waals surface area (Å²) in [4.78, 5) is 28.1. The summed E-state index contributed by atoms with van der Waals surface area (Å²) >= 11 is 0. The molecular weight excluding hydrogens is 407 g/mol. The van der Waals surface area contributed by atoms with E-state index in [0.29, 0.717) is 6.54 Å². The number of alkyl halides is 3. The highest BCUT2D eigenvalue weighted by Gasteiger charge is 2.49. The fraction of sp³-hybridized carbons (Fsp3) is 0.391. The first kappa shape index (κ1) is 21.4. The second-order valence-corrected chi connectivity index (χ2v) is 8.13. The molecule has 1 saturated heterocycles. The zero-order valence-corrected chi connectivity index (χ0v) is 17.2.